The topological polar surface area (TPSA) is 98.3 Å². The first kappa shape index (κ1) is 19.7. The average Bonchev–Trinajstić information content (AvgIpc) is 3.39. The maximum absolute atomic E-state index is 13.4. The van der Waals surface area contributed by atoms with Crippen molar-refractivity contribution in [3.05, 3.63) is 58.0 Å². The van der Waals surface area contributed by atoms with Gasteiger partial charge in [0.05, 0.1) is 17.7 Å². The van der Waals surface area contributed by atoms with Crippen LogP contribution in [0.3, 0.4) is 0 Å². The summed E-state index contributed by atoms with van der Waals surface area (Å²) in [5.74, 6) is 0.781. The Labute approximate surface area is 179 Å². The van der Waals surface area contributed by atoms with Gasteiger partial charge in [0.15, 0.2) is 5.65 Å². The maximum Gasteiger partial charge on any atom is 0.285 e. The van der Waals surface area contributed by atoms with Gasteiger partial charge in [0.2, 0.25) is 5.89 Å². The molecule has 2 unspecified atom stereocenters. The van der Waals surface area contributed by atoms with Crippen molar-refractivity contribution in [1.29, 1.82) is 0 Å². The highest BCUT2D eigenvalue weighted by atomic mass is 16.5. The number of nitrogens with one attached hydrogen (secondary N) is 1. The average molecular weight is 419 g/mol. The largest absolute Gasteiger partial charge is 0.420 e. The molecule has 3 aromatic heterocycles. The lowest BCUT2D eigenvalue weighted by Crippen LogP contribution is -2.25. The van der Waals surface area contributed by atoms with Gasteiger partial charge in [0.1, 0.15) is 5.56 Å². The van der Waals surface area contributed by atoms with Gasteiger partial charge < -0.3 is 9.15 Å². The summed E-state index contributed by atoms with van der Waals surface area (Å²) in [6.45, 7) is 3.74. The standard InChI is InChI=1S/C23H25N5O3/c1-13-19(22-26-25-21(31-22)16-11-7-8-12-17(16)30-3)23(29)28-20(24-13)18(14(2)27-28)15-9-5-4-6-10-15/h4-6,9-10,16-17,27H,7-8,11-12H2,1-3H3. The zero-order chi connectivity index (χ0) is 21.5. The second-order valence-electron chi connectivity index (χ2n) is 8.12. The summed E-state index contributed by atoms with van der Waals surface area (Å²) in [6.07, 6.45) is 4.20. The van der Waals surface area contributed by atoms with Crippen LogP contribution < -0.4 is 5.56 Å². The third-order valence-corrected chi connectivity index (χ3v) is 6.18. The van der Waals surface area contributed by atoms with E-state index in [0.29, 0.717) is 22.8 Å². The lowest BCUT2D eigenvalue weighted by atomic mass is 9.86. The molecular weight excluding hydrogens is 394 g/mol. The molecule has 0 amide bonds. The fourth-order valence-corrected chi connectivity index (χ4v) is 4.63. The van der Waals surface area contributed by atoms with Gasteiger partial charge in [-0.2, -0.15) is 0 Å². The highest BCUT2D eigenvalue weighted by molar-refractivity contribution is 5.80. The summed E-state index contributed by atoms with van der Waals surface area (Å²) in [6, 6.07) is 9.91. The molecule has 4 aromatic rings. The molecule has 1 fully saturated rings. The number of aromatic amines is 1. The normalized spacial score (nSPS) is 19.2. The highest BCUT2D eigenvalue weighted by Gasteiger charge is 2.32. The van der Waals surface area contributed by atoms with Crippen LogP contribution in [-0.2, 0) is 4.74 Å². The molecule has 8 nitrogen and oxygen atoms in total. The zero-order valence-corrected chi connectivity index (χ0v) is 17.9. The number of aryl methyl sites for hydroxylation is 2. The van der Waals surface area contributed by atoms with Crippen molar-refractivity contribution in [2.24, 2.45) is 0 Å². The molecule has 2 atom stereocenters. The van der Waals surface area contributed by atoms with Crippen LogP contribution in [0.5, 0.6) is 0 Å². The highest BCUT2D eigenvalue weighted by Crippen LogP contribution is 2.35. The van der Waals surface area contributed by atoms with Crippen molar-refractivity contribution in [2.75, 3.05) is 7.11 Å². The minimum absolute atomic E-state index is 0.0529. The molecule has 1 aliphatic rings. The van der Waals surface area contributed by atoms with Gasteiger partial charge in [0, 0.05) is 18.4 Å². The van der Waals surface area contributed by atoms with Crippen LogP contribution >= 0.6 is 0 Å². The Balaban J connectivity index is 1.61. The Morgan fingerprint density at radius 3 is 2.65 bits per heavy atom. The van der Waals surface area contributed by atoms with Crippen molar-refractivity contribution in [2.45, 2.75) is 51.6 Å². The molecule has 0 radical (unpaired) electrons. The Bertz CT molecular complexity index is 1290. The van der Waals surface area contributed by atoms with Crippen LogP contribution in [0.1, 0.15) is 48.9 Å². The number of benzene rings is 1. The molecule has 8 heteroatoms. The maximum atomic E-state index is 13.4. The van der Waals surface area contributed by atoms with E-state index in [0.717, 1.165) is 42.5 Å². The van der Waals surface area contributed by atoms with E-state index in [2.05, 4.69) is 15.3 Å². The van der Waals surface area contributed by atoms with Gasteiger partial charge in [-0.3, -0.25) is 9.89 Å². The summed E-state index contributed by atoms with van der Waals surface area (Å²) < 4.78 is 13.1. The van der Waals surface area contributed by atoms with Gasteiger partial charge >= 0.3 is 0 Å². The number of aromatic nitrogens is 5. The molecule has 1 N–H and O–H groups in total. The van der Waals surface area contributed by atoms with E-state index in [1.807, 2.05) is 37.3 Å². The number of methoxy groups -OCH3 is 1. The van der Waals surface area contributed by atoms with E-state index >= 15 is 0 Å². The van der Waals surface area contributed by atoms with Crippen LogP contribution in [0.4, 0.5) is 0 Å². The van der Waals surface area contributed by atoms with E-state index in [4.69, 9.17) is 14.1 Å². The minimum atomic E-state index is -0.255. The van der Waals surface area contributed by atoms with Crippen molar-refractivity contribution in [3.63, 3.8) is 0 Å². The minimum Gasteiger partial charge on any atom is -0.420 e. The molecule has 0 spiro atoms. The molecule has 0 saturated heterocycles. The molecule has 31 heavy (non-hydrogen) atoms. The van der Waals surface area contributed by atoms with Gasteiger partial charge in [-0.15, -0.1) is 10.2 Å². The number of rotatable bonds is 4. The number of hydrogen-bond donors (Lipinski definition) is 1. The van der Waals surface area contributed by atoms with Crippen molar-refractivity contribution >= 4 is 5.65 Å². The van der Waals surface area contributed by atoms with Gasteiger partial charge in [-0.25, -0.2) is 9.50 Å². The monoisotopic (exact) mass is 419 g/mol. The second kappa shape index (κ2) is 7.77. The number of H-pyrrole nitrogens is 1. The molecule has 160 valence electrons. The van der Waals surface area contributed by atoms with Crippen molar-refractivity contribution in [3.8, 4) is 22.6 Å². The fraction of sp³-hybridized carbons (Fsp3) is 0.391. The molecule has 1 aliphatic carbocycles. The summed E-state index contributed by atoms with van der Waals surface area (Å²) >= 11 is 0. The summed E-state index contributed by atoms with van der Waals surface area (Å²) in [5.41, 5.74) is 3.98. The van der Waals surface area contributed by atoms with Crippen LogP contribution in [0.15, 0.2) is 39.5 Å². The third kappa shape index (κ3) is 3.27. The Hall–Kier alpha value is -3.26. The first-order chi connectivity index (χ1) is 15.1. The summed E-state index contributed by atoms with van der Waals surface area (Å²) in [7, 11) is 1.71. The van der Waals surface area contributed by atoms with Crippen LogP contribution in [-0.4, -0.2) is 38.0 Å². The van der Waals surface area contributed by atoms with E-state index in [-0.39, 0.29) is 23.5 Å². The lowest BCUT2D eigenvalue weighted by Gasteiger charge is -2.27. The number of ether oxygens (including phenoxy) is 1. The van der Waals surface area contributed by atoms with E-state index < -0.39 is 0 Å². The molecule has 1 saturated carbocycles. The second-order valence-corrected chi connectivity index (χ2v) is 8.12. The van der Waals surface area contributed by atoms with E-state index in [1.54, 1.807) is 14.0 Å². The zero-order valence-electron chi connectivity index (χ0n) is 17.9. The molecule has 0 bridgehead atoms. The van der Waals surface area contributed by atoms with Crippen LogP contribution in [0.2, 0.25) is 0 Å². The molecular formula is C23H25N5O3. The summed E-state index contributed by atoms with van der Waals surface area (Å²) in [4.78, 5) is 18.1. The number of hydrogen-bond acceptors (Lipinski definition) is 6. The smallest absolute Gasteiger partial charge is 0.285 e. The molecule has 1 aromatic carbocycles. The third-order valence-electron chi connectivity index (χ3n) is 6.18. The SMILES string of the molecule is COC1CCCCC1c1nnc(-c2c(C)nc3c(-c4ccccc4)c(C)[nH]n3c2=O)o1. The van der Waals surface area contributed by atoms with Crippen molar-refractivity contribution < 1.29 is 9.15 Å². The van der Waals surface area contributed by atoms with E-state index in [9.17, 15) is 4.79 Å². The van der Waals surface area contributed by atoms with Gasteiger partial charge in [-0.05, 0) is 32.3 Å². The first-order valence-electron chi connectivity index (χ1n) is 10.6. The van der Waals surface area contributed by atoms with Crippen LogP contribution in [0, 0.1) is 13.8 Å². The first-order valence-corrected chi connectivity index (χ1v) is 10.6. The van der Waals surface area contributed by atoms with Gasteiger partial charge in [0.25, 0.3) is 11.4 Å². The molecule has 3 heterocycles. The predicted molar refractivity (Wildman–Crippen MR) is 116 cm³/mol. The molecule has 0 aliphatic heterocycles. The lowest BCUT2D eigenvalue weighted by molar-refractivity contribution is 0.0442. The van der Waals surface area contributed by atoms with Crippen molar-refractivity contribution in [1.82, 2.24) is 24.8 Å². The van der Waals surface area contributed by atoms with Crippen LogP contribution in [0.25, 0.3) is 28.2 Å². The fourth-order valence-electron chi connectivity index (χ4n) is 4.63. The quantitative estimate of drug-likeness (QED) is 0.536. The Morgan fingerprint density at radius 1 is 1.10 bits per heavy atom. The Kier molecular flexibility index (Phi) is 4.94. The number of fused-ring (bicyclic) bond motifs is 1. The summed E-state index contributed by atoms with van der Waals surface area (Å²) in [5, 5.41) is 11.6. The number of nitrogens with zero attached hydrogens (tertiary/aromatic N) is 4. The van der Waals surface area contributed by atoms with E-state index in [1.165, 1.54) is 4.52 Å². The molecule has 5 rings (SSSR count). The Morgan fingerprint density at radius 2 is 1.87 bits per heavy atom. The predicted octanol–water partition coefficient (Wildman–Crippen LogP) is 4.03. The van der Waals surface area contributed by atoms with Gasteiger partial charge in [-0.1, -0.05) is 43.2 Å².